The number of benzene rings is 2. The van der Waals surface area contributed by atoms with Crippen LogP contribution in [0.4, 0.5) is 5.82 Å². The van der Waals surface area contributed by atoms with E-state index in [9.17, 15) is 9.59 Å². The monoisotopic (exact) mass is 432 g/mol. The molecular weight excluding hydrogens is 416 g/mol. The highest BCUT2D eigenvalue weighted by atomic mass is 35.5. The minimum absolute atomic E-state index is 0.0175. The summed E-state index contributed by atoms with van der Waals surface area (Å²) in [5, 5.41) is 0.749. The Bertz CT molecular complexity index is 1400. The molecular formula is C24H17ClN2O4. The molecule has 0 saturated carbocycles. The van der Waals surface area contributed by atoms with Gasteiger partial charge < -0.3 is 9.15 Å². The third-order valence-corrected chi connectivity index (χ3v) is 5.62. The Labute approximate surface area is 182 Å². The molecule has 0 N–H and O–H groups in total. The molecule has 154 valence electrons. The molecule has 0 bridgehead atoms. The molecule has 4 aromatic rings. The zero-order valence-electron chi connectivity index (χ0n) is 16.8. The number of pyridine rings is 1. The van der Waals surface area contributed by atoms with Gasteiger partial charge in [-0.25, -0.2) is 4.98 Å². The largest absolute Gasteiger partial charge is 0.497 e. The number of aryl methyl sites for hydroxylation is 1. The molecule has 0 saturated heterocycles. The highest BCUT2D eigenvalue weighted by Crippen LogP contribution is 2.41. The van der Waals surface area contributed by atoms with Gasteiger partial charge in [0.05, 0.1) is 24.1 Å². The molecule has 6 nitrogen and oxygen atoms in total. The first-order valence-corrected chi connectivity index (χ1v) is 10.0. The van der Waals surface area contributed by atoms with E-state index in [1.807, 2.05) is 31.2 Å². The average molecular weight is 433 g/mol. The number of ether oxygens (including phenoxy) is 1. The van der Waals surface area contributed by atoms with Gasteiger partial charge in [-0.1, -0.05) is 29.8 Å². The van der Waals surface area contributed by atoms with Gasteiger partial charge in [-0.15, -0.1) is 0 Å². The maximum Gasteiger partial charge on any atom is 0.296 e. The number of methoxy groups -OCH3 is 1. The maximum atomic E-state index is 13.5. The fraction of sp³-hybridized carbons (Fsp3) is 0.125. The molecule has 7 heteroatoms. The van der Waals surface area contributed by atoms with Crippen LogP contribution in [-0.4, -0.2) is 18.0 Å². The van der Waals surface area contributed by atoms with Gasteiger partial charge in [-0.3, -0.25) is 14.5 Å². The van der Waals surface area contributed by atoms with E-state index in [4.69, 9.17) is 20.8 Å². The average Bonchev–Trinajstić information content (AvgIpc) is 3.07. The van der Waals surface area contributed by atoms with Crippen LogP contribution in [-0.2, 0) is 0 Å². The van der Waals surface area contributed by atoms with Crippen LogP contribution in [0.3, 0.4) is 0 Å². The van der Waals surface area contributed by atoms with Crippen LogP contribution in [0.5, 0.6) is 5.75 Å². The summed E-state index contributed by atoms with van der Waals surface area (Å²) in [6.07, 6.45) is 0. The maximum absolute atomic E-state index is 13.5. The van der Waals surface area contributed by atoms with Crippen molar-refractivity contribution < 1.29 is 13.9 Å². The summed E-state index contributed by atoms with van der Waals surface area (Å²) in [5.41, 5.74) is 1.79. The van der Waals surface area contributed by atoms with Crippen molar-refractivity contribution in [3.63, 3.8) is 0 Å². The van der Waals surface area contributed by atoms with Crippen molar-refractivity contribution in [3.8, 4) is 5.75 Å². The molecule has 5 rings (SSSR count). The first kappa shape index (κ1) is 19.3. The Morgan fingerprint density at radius 3 is 2.55 bits per heavy atom. The number of hydrogen-bond donors (Lipinski definition) is 0. The summed E-state index contributed by atoms with van der Waals surface area (Å²) in [6.45, 7) is 1.85. The highest BCUT2D eigenvalue weighted by molar-refractivity contribution is 6.31. The molecule has 1 aliphatic rings. The van der Waals surface area contributed by atoms with Gasteiger partial charge in [0.1, 0.15) is 17.2 Å². The molecule has 1 atom stereocenters. The molecule has 1 aliphatic heterocycles. The number of anilines is 1. The van der Waals surface area contributed by atoms with Crippen LogP contribution in [0, 0.1) is 6.92 Å². The van der Waals surface area contributed by atoms with Crippen molar-refractivity contribution in [3.05, 3.63) is 98.5 Å². The summed E-state index contributed by atoms with van der Waals surface area (Å²) < 4.78 is 11.2. The van der Waals surface area contributed by atoms with Crippen LogP contribution in [0.15, 0.2) is 69.9 Å². The summed E-state index contributed by atoms with van der Waals surface area (Å²) in [7, 11) is 1.58. The third-order valence-electron chi connectivity index (χ3n) is 5.38. The second-order valence-electron chi connectivity index (χ2n) is 7.30. The molecule has 31 heavy (non-hydrogen) atoms. The standard InChI is InChI=1S/C24H17ClN2O4/c1-13-4-3-5-19(26-13)27-21(14-6-9-16(30-2)10-7-14)20-22(28)17-12-15(25)8-11-18(17)31-23(20)24(27)29/h3-12,21H,1-2H3/t21-/m1/s1. The van der Waals surface area contributed by atoms with E-state index in [2.05, 4.69) is 4.98 Å². The van der Waals surface area contributed by atoms with Crippen molar-refractivity contribution in [2.45, 2.75) is 13.0 Å². The lowest BCUT2D eigenvalue weighted by molar-refractivity contribution is 0.0970. The minimum atomic E-state index is -0.692. The fourth-order valence-corrected chi connectivity index (χ4v) is 4.12. The van der Waals surface area contributed by atoms with Crippen molar-refractivity contribution in [1.82, 2.24) is 4.98 Å². The molecule has 0 fully saturated rings. The van der Waals surface area contributed by atoms with E-state index >= 15 is 0 Å². The molecule has 3 heterocycles. The van der Waals surface area contributed by atoms with Gasteiger partial charge in [0, 0.05) is 10.7 Å². The lowest BCUT2D eigenvalue weighted by Crippen LogP contribution is -2.30. The van der Waals surface area contributed by atoms with Crippen LogP contribution >= 0.6 is 11.6 Å². The first-order chi connectivity index (χ1) is 15.0. The number of carbonyl (C=O) groups excluding carboxylic acids is 1. The third kappa shape index (κ3) is 3.07. The van der Waals surface area contributed by atoms with Crippen molar-refractivity contribution >= 4 is 34.3 Å². The zero-order chi connectivity index (χ0) is 21.7. The van der Waals surface area contributed by atoms with E-state index in [0.717, 1.165) is 11.3 Å². The predicted molar refractivity (Wildman–Crippen MR) is 118 cm³/mol. The molecule has 1 amide bonds. The van der Waals surface area contributed by atoms with Gasteiger partial charge in [-0.2, -0.15) is 0 Å². The number of halogens is 1. The van der Waals surface area contributed by atoms with Gasteiger partial charge in [0.15, 0.2) is 5.43 Å². The molecule has 0 unspecified atom stereocenters. The molecule has 0 spiro atoms. The van der Waals surface area contributed by atoms with Gasteiger partial charge in [0.2, 0.25) is 5.76 Å². The topological polar surface area (TPSA) is 72.6 Å². The predicted octanol–water partition coefficient (Wildman–Crippen LogP) is 4.91. The van der Waals surface area contributed by atoms with E-state index in [1.54, 1.807) is 43.5 Å². The van der Waals surface area contributed by atoms with Gasteiger partial charge >= 0.3 is 0 Å². The number of aromatic nitrogens is 1. The van der Waals surface area contributed by atoms with E-state index < -0.39 is 11.9 Å². The van der Waals surface area contributed by atoms with E-state index in [1.165, 1.54) is 4.90 Å². The Kier molecular flexibility index (Phi) is 4.52. The zero-order valence-corrected chi connectivity index (χ0v) is 17.5. The number of fused-ring (bicyclic) bond motifs is 2. The van der Waals surface area contributed by atoms with Crippen LogP contribution in [0.2, 0.25) is 5.02 Å². The van der Waals surface area contributed by atoms with E-state index in [-0.39, 0.29) is 16.8 Å². The minimum Gasteiger partial charge on any atom is -0.497 e. The Morgan fingerprint density at radius 2 is 1.84 bits per heavy atom. The molecule has 2 aromatic heterocycles. The number of nitrogens with zero attached hydrogens (tertiary/aromatic N) is 2. The number of amides is 1. The summed E-state index contributed by atoms with van der Waals surface area (Å²) in [5.74, 6) is 0.719. The van der Waals surface area contributed by atoms with Crippen molar-refractivity contribution in [2.75, 3.05) is 12.0 Å². The van der Waals surface area contributed by atoms with Gasteiger partial charge in [0.25, 0.3) is 5.91 Å². The summed E-state index contributed by atoms with van der Waals surface area (Å²) in [6, 6.07) is 16.7. The number of rotatable bonds is 3. The summed E-state index contributed by atoms with van der Waals surface area (Å²) in [4.78, 5) is 33.0. The number of carbonyl (C=O) groups is 1. The SMILES string of the molecule is COc1ccc([C@@H]2c3c(oc4ccc(Cl)cc4c3=O)C(=O)N2c2cccc(C)n2)cc1. The molecule has 2 aromatic carbocycles. The molecule has 0 radical (unpaired) electrons. The number of hydrogen-bond acceptors (Lipinski definition) is 5. The smallest absolute Gasteiger partial charge is 0.296 e. The van der Waals surface area contributed by atoms with Crippen LogP contribution in [0.25, 0.3) is 11.0 Å². The quantitative estimate of drug-likeness (QED) is 0.460. The second kappa shape index (κ2) is 7.25. The Balaban J connectivity index is 1.80. The van der Waals surface area contributed by atoms with Gasteiger partial charge in [-0.05, 0) is 55.0 Å². The van der Waals surface area contributed by atoms with Crippen molar-refractivity contribution in [2.24, 2.45) is 0 Å². The van der Waals surface area contributed by atoms with Crippen LogP contribution in [0.1, 0.15) is 33.4 Å². The van der Waals surface area contributed by atoms with E-state index in [0.29, 0.717) is 27.6 Å². The second-order valence-corrected chi connectivity index (χ2v) is 7.74. The summed E-state index contributed by atoms with van der Waals surface area (Å²) >= 11 is 6.12. The van der Waals surface area contributed by atoms with Crippen LogP contribution < -0.4 is 15.1 Å². The Hall–Kier alpha value is -3.64. The Morgan fingerprint density at radius 1 is 1.06 bits per heavy atom. The fourth-order valence-electron chi connectivity index (χ4n) is 3.95. The lowest BCUT2D eigenvalue weighted by atomic mass is 9.98. The highest BCUT2D eigenvalue weighted by Gasteiger charge is 2.44. The first-order valence-electron chi connectivity index (χ1n) is 9.65. The van der Waals surface area contributed by atoms with Crippen molar-refractivity contribution in [1.29, 1.82) is 0 Å². The lowest BCUT2D eigenvalue weighted by Gasteiger charge is -2.24. The normalized spacial score (nSPS) is 15.4. The molecule has 0 aliphatic carbocycles.